The highest BCUT2D eigenvalue weighted by molar-refractivity contribution is 7.89. The second-order valence-corrected chi connectivity index (χ2v) is 8.79. The summed E-state index contributed by atoms with van der Waals surface area (Å²) in [4.78, 5) is 14.9. The number of benzene rings is 2. The molecule has 156 valence electrons. The average Bonchev–Trinajstić information content (AvgIpc) is 2.93. The molecule has 0 aromatic heterocycles. The lowest BCUT2D eigenvalue weighted by atomic mass is 10.0. The molecule has 0 aliphatic carbocycles. The lowest BCUT2D eigenvalue weighted by molar-refractivity contribution is -0.117. The molecular weight excluding hydrogens is 390 g/mol. The Labute approximate surface area is 171 Å². The van der Waals surface area contributed by atoms with Gasteiger partial charge < -0.3 is 10.1 Å². The Hall–Kier alpha value is -2.42. The third kappa shape index (κ3) is 5.79. The maximum absolute atomic E-state index is 12.6. The molecule has 29 heavy (non-hydrogen) atoms. The number of hydrogen-bond donors (Lipinski definition) is 2. The molecule has 1 amide bonds. The normalized spacial score (nSPS) is 18.1. The minimum atomic E-state index is -3.75. The van der Waals surface area contributed by atoms with Gasteiger partial charge in [-0.15, -0.1) is 0 Å². The van der Waals surface area contributed by atoms with Gasteiger partial charge >= 0.3 is 0 Å². The molecule has 1 aliphatic rings. The second-order valence-electron chi connectivity index (χ2n) is 7.23. The third-order valence-electron chi connectivity index (χ3n) is 5.18. The summed E-state index contributed by atoms with van der Waals surface area (Å²) in [6, 6.07) is 14.1. The van der Waals surface area contributed by atoms with E-state index in [1.54, 1.807) is 19.2 Å². The van der Waals surface area contributed by atoms with Crippen molar-refractivity contribution in [1.29, 1.82) is 0 Å². The van der Waals surface area contributed by atoms with Gasteiger partial charge in [-0.25, -0.2) is 13.6 Å². The zero-order valence-corrected chi connectivity index (χ0v) is 17.3. The van der Waals surface area contributed by atoms with Crippen LogP contribution in [0.2, 0.25) is 0 Å². The molecule has 1 heterocycles. The van der Waals surface area contributed by atoms with Crippen LogP contribution in [0.4, 0.5) is 5.69 Å². The monoisotopic (exact) mass is 417 g/mol. The number of nitrogens with one attached hydrogen (secondary N) is 1. The van der Waals surface area contributed by atoms with Gasteiger partial charge in [-0.05, 0) is 61.3 Å². The van der Waals surface area contributed by atoms with E-state index in [1.807, 2.05) is 12.1 Å². The predicted octanol–water partition coefficient (Wildman–Crippen LogP) is 2.90. The van der Waals surface area contributed by atoms with Crippen LogP contribution in [0.1, 0.15) is 37.3 Å². The quantitative estimate of drug-likeness (QED) is 0.752. The summed E-state index contributed by atoms with van der Waals surface area (Å²) < 4.78 is 27.9. The van der Waals surface area contributed by atoms with E-state index >= 15 is 0 Å². The summed E-state index contributed by atoms with van der Waals surface area (Å²) in [6.07, 6.45) is 4.34. The Kier molecular flexibility index (Phi) is 6.89. The van der Waals surface area contributed by atoms with Crippen molar-refractivity contribution in [3.63, 3.8) is 0 Å². The van der Waals surface area contributed by atoms with Crippen molar-refractivity contribution in [2.45, 2.75) is 36.6 Å². The Bertz CT molecular complexity index is 927. The molecule has 2 aromatic carbocycles. The highest BCUT2D eigenvalue weighted by atomic mass is 32.2. The van der Waals surface area contributed by atoms with Crippen LogP contribution >= 0.6 is 0 Å². The van der Waals surface area contributed by atoms with Crippen molar-refractivity contribution in [1.82, 2.24) is 4.90 Å². The van der Waals surface area contributed by atoms with Crippen LogP contribution in [0.15, 0.2) is 53.4 Å². The fourth-order valence-electron chi connectivity index (χ4n) is 3.67. The second kappa shape index (κ2) is 9.39. The molecule has 3 rings (SSSR count). The van der Waals surface area contributed by atoms with Crippen LogP contribution in [0.5, 0.6) is 5.75 Å². The topological polar surface area (TPSA) is 102 Å². The first-order valence-electron chi connectivity index (χ1n) is 9.67. The molecule has 1 saturated heterocycles. The van der Waals surface area contributed by atoms with Crippen LogP contribution in [-0.4, -0.2) is 39.4 Å². The fourth-order valence-corrected chi connectivity index (χ4v) is 4.19. The van der Waals surface area contributed by atoms with Crippen LogP contribution in [0, 0.1) is 0 Å². The van der Waals surface area contributed by atoms with Gasteiger partial charge in [-0.3, -0.25) is 9.69 Å². The van der Waals surface area contributed by atoms with E-state index in [0.717, 1.165) is 38.0 Å². The minimum absolute atomic E-state index is 0.0163. The smallest absolute Gasteiger partial charge is 0.238 e. The molecule has 0 spiro atoms. The number of carbonyl (C=O) groups excluding carboxylic acids is 1. The standard InChI is InChI=1S/C21H27N3O4S/c1-28-18-10-6-16(7-11-18)20-5-3-2-4-14-24(20)15-21(25)23-17-8-12-19(13-9-17)29(22,26)27/h6-13,20H,2-5,14-15H2,1H3,(H,23,25)(H2,22,26,27)/t20-/m1/s1. The molecule has 1 aliphatic heterocycles. The summed E-state index contributed by atoms with van der Waals surface area (Å²) >= 11 is 0. The summed E-state index contributed by atoms with van der Waals surface area (Å²) in [7, 11) is -2.10. The number of amides is 1. The lowest BCUT2D eigenvalue weighted by Crippen LogP contribution is -2.36. The van der Waals surface area contributed by atoms with Gasteiger partial charge in [-0.2, -0.15) is 0 Å². The number of carbonyl (C=O) groups is 1. The molecule has 8 heteroatoms. The van der Waals surface area contributed by atoms with Crippen molar-refractivity contribution in [2.75, 3.05) is 25.5 Å². The zero-order valence-electron chi connectivity index (χ0n) is 16.5. The van der Waals surface area contributed by atoms with Crippen LogP contribution < -0.4 is 15.2 Å². The van der Waals surface area contributed by atoms with Gasteiger partial charge in [0.15, 0.2) is 0 Å². The highest BCUT2D eigenvalue weighted by Crippen LogP contribution is 2.31. The van der Waals surface area contributed by atoms with Gasteiger partial charge in [0.25, 0.3) is 0 Å². The zero-order chi connectivity index (χ0) is 20.9. The van der Waals surface area contributed by atoms with Gasteiger partial charge in [0.2, 0.25) is 15.9 Å². The van der Waals surface area contributed by atoms with E-state index in [-0.39, 0.29) is 23.4 Å². The maximum atomic E-state index is 12.6. The number of hydrogen-bond acceptors (Lipinski definition) is 5. The predicted molar refractivity (Wildman–Crippen MR) is 112 cm³/mol. The fraction of sp³-hybridized carbons (Fsp3) is 0.381. The molecule has 1 atom stereocenters. The number of primary sulfonamides is 1. The van der Waals surface area contributed by atoms with Crippen molar-refractivity contribution < 1.29 is 17.9 Å². The van der Waals surface area contributed by atoms with E-state index in [4.69, 9.17) is 9.88 Å². The largest absolute Gasteiger partial charge is 0.497 e. The number of sulfonamides is 1. The first kappa shape index (κ1) is 21.3. The van der Waals surface area contributed by atoms with E-state index in [1.165, 1.54) is 17.7 Å². The Morgan fingerprint density at radius 1 is 1.10 bits per heavy atom. The van der Waals surface area contributed by atoms with Crippen LogP contribution in [0.25, 0.3) is 0 Å². The lowest BCUT2D eigenvalue weighted by Gasteiger charge is -2.29. The number of rotatable bonds is 6. The van der Waals surface area contributed by atoms with Gasteiger partial charge in [0.1, 0.15) is 5.75 Å². The third-order valence-corrected chi connectivity index (χ3v) is 6.11. The summed E-state index contributed by atoms with van der Waals surface area (Å²) in [5, 5.41) is 7.95. The molecule has 2 aromatic rings. The van der Waals surface area contributed by atoms with Crippen molar-refractivity contribution in [3.8, 4) is 5.75 Å². The first-order valence-corrected chi connectivity index (χ1v) is 11.2. The van der Waals surface area contributed by atoms with Crippen LogP contribution in [0.3, 0.4) is 0 Å². The van der Waals surface area contributed by atoms with Crippen LogP contribution in [-0.2, 0) is 14.8 Å². The van der Waals surface area contributed by atoms with E-state index in [9.17, 15) is 13.2 Å². The average molecular weight is 418 g/mol. The summed E-state index contributed by atoms with van der Waals surface area (Å²) in [6.45, 7) is 1.13. The minimum Gasteiger partial charge on any atom is -0.497 e. The number of nitrogens with two attached hydrogens (primary N) is 1. The van der Waals surface area contributed by atoms with E-state index < -0.39 is 10.0 Å². The molecule has 7 nitrogen and oxygen atoms in total. The molecule has 0 bridgehead atoms. The van der Waals surface area contributed by atoms with Crippen molar-refractivity contribution in [3.05, 3.63) is 54.1 Å². The van der Waals surface area contributed by atoms with Gasteiger partial charge in [0, 0.05) is 11.7 Å². The molecule has 0 radical (unpaired) electrons. The number of nitrogens with zero attached hydrogens (tertiary/aromatic N) is 1. The number of anilines is 1. The first-order chi connectivity index (χ1) is 13.9. The number of likely N-dealkylation sites (tertiary alicyclic amines) is 1. The molecule has 1 fully saturated rings. The summed E-state index contributed by atoms with van der Waals surface area (Å²) in [5.74, 6) is 0.684. The molecule has 0 saturated carbocycles. The maximum Gasteiger partial charge on any atom is 0.238 e. The summed E-state index contributed by atoms with van der Waals surface area (Å²) in [5.41, 5.74) is 1.72. The number of ether oxygens (including phenoxy) is 1. The molecule has 0 unspecified atom stereocenters. The Morgan fingerprint density at radius 2 is 1.79 bits per heavy atom. The molecule has 3 N–H and O–H groups in total. The highest BCUT2D eigenvalue weighted by Gasteiger charge is 2.24. The Balaban J connectivity index is 1.68. The SMILES string of the molecule is COc1ccc([C@H]2CCCCCN2CC(=O)Nc2ccc(S(N)(=O)=O)cc2)cc1. The Morgan fingerprint density at radius 3 is 2.41 bits per heavy atom. The number of methoxy groups -OCH3 is 1. The van der Waals surface area contributed by atoms with Gasteiger partial charge in [-0.1, -0.05) is 25.0 Å². The van der Waals surface area contributed by atoms with Gasteiger partial charge in [0.05, 0.1) is 18.6 Å². The molecular formula is C21H27N3O4S. The van der Waals surface area contributed by atoms with E-state index in [0.29, 0.717) is 5.69 Å². The van der Waals surface area contributed by atoms with Crippen molar-refractivity contribution in [2.24, 2.45) is 5.14 Å². The van der Waals surface area contributed by atoms with E-state index in [2.05, 4.69) is 22.3 Å². The van der Waals surface area contributed by atoms with Crippen molar-refractivity contribution >= 4 is 21.6 Å².